The zero-order chi connectivity index (χ0) is 19.9. The van der Waals surface area contributed by atoms with E-state index >= 15 is 0 Å². The fourth-order valence-corrected chi connectivity index (χ4v) is 3.53. The van der Waals surface area contributed by atoms with Crippen LogP contribution in [0.4, 0.5) is 10.5 Å². The van der Waals surface area contributed by atoms with Gasteiger partial charge in [0.25, 0.3) is 0 Å². The van der Waals surface area contributed by atoms with E-state index in [1.54, 1.807) is 7.11 Å². The van der Waals surface area contributed by atoms with Crippen LogP contribution in [0.1, 0.15) is 37.3 Å². The van der Waals surface area contributed by atoms with E-state index in [1.807, 2.05) is 48.2 Å². The predicted molar refractivity (Wildman–Crippen MR) is 116 cm³/mol. The maximum absolute atomic E-state index is 12.5. The summed E-state index contributed by atoms with van der Waals surface area (Å²) < 4.78 is 5.22. The molecule has 1 aliphatic heterocycles. The monoisotopic (exact) mass is 378 g/mol. The van der Waals surface area contributed by atoms with Crippen LogP contribution in [0.15, 0.2) is 54.6 Å². The van der Waals surface area contributed by atoms with Gasteiger partial charge in [0.1, 0.15) is 5.75 Å². The molecule has 2 amide bonds. The molecular weight excluding hydrogens is 348 g/mol. The topological polar surface area (TPSA) is 41.6 Å². The molecule has 3 rings (SSSR count). The minimum atomic E-state index is 0.00672. The summed E-state index contributed by atoms with van der Waals surface area (Å²) in [4.78, 5) is 14.4. The zero-order valence-corrected chi connectivity index (χ0v) is 17.1. The van der Waals surface area contributed by atoms with E-state index in [0.717, 1.165) is 43.8 Å². The number of carbonyl (C=O) groups excluding carboxylic acids is 1. The van der Waals surface area contributed by atoms with Gasteiger partial charge in [-0.2, -0.15) is 0 Å². The Kier molecular flexibility index (Phi) is 6.75. The van der Waals surface area contributed by atoms with Crippen molar-refractivity contribution >= 4 is 17.3 Å². The number of anilines is 1. The molecule has 4 nitrogen and oxygen atoms in total. The first-order valence-electron chi connectivity index (χ1n) is 9.99. The summed E-state index contributed by atoms with van der Waals surface area (Å²) in [7, 11) is 1.69. The normalized spacial score (nSPS) is 15.4. The van der Waals surface area contributed by atoms with Crippen LogP contribution < -0.4 is 10.1 Å². The Bertz CT molecular complexity index is 802. The predicted octanol–water partition coefficient (Wildman–Crippen LogP) is 5.74. The summed E-state index contributed by atoms with van der Waals surface area (Å²) in [6, 6.07) is 16.1. The van der Waals surface area contributed by atoms with Gasteiger partial charge in [-0.1, -0.05) is 35.9 Å². The first-order chi connectivity index (χ1) is 13.5. The third-order valence-corrected chi connectivity index (χ3v) is 5.51. The second-order valence-corrected chi connectivity index (χ2v) is 7.58. The third kappa shape index (κ3) is 5.38. The Labute approximate surface area is 168 Å². The average Bonchev–Trinajstić information content (AvgIpc) is 2.74. The van der Waals surface area contributed by atoms with Gasteiger partial charge in [0.15, 0.2) is 0 Å². The van der Waals surface area contributed by atoms with Gasteiger partial charge in [-0.25, -0.2) is 4.79 Å². The smallest absolute Gasteiger partial charge is 0.321 e. The van der Waals surface area contributed by atoms with Crippen LogP contribution in [-0.2, 0) is 0 Å². The number of amides is 2. The summed E-state index contributed by atoms with van der Waals surface area (Å²) in [5.74, 6) is 1.52. The van der Waals surface area contributed by atoms with E-state index in [9.17, 15) is 4.79 Å². The Balaban J connectivity index is 1.46. The van der Waals surface area contributed by atoms with Crippen molar-refractivity contribution < 1.29 is 9.53 Å². The van der Waals surface area contributed by atoms with Gasteiger partial charge in [0.2, 0.25) is 0 Å². The number of likely N-dealkylation sites (tertiary alicyclic amines) is 1. The molecule has 0 radical (unpaired) electrons. The fourth-order valence-electron chi connectivity index (χ4n) is 3.53. The Morgan fingerprint density at radius 3 is 2.36 bits per heavy atom. The van der Waals surface area contributed by atoms with Gasteiger partial charge < -0.3 is 15.0 Å². The molecule has 1 heterocycles. The van der Waals surface area contributed by atoms with Crippen LogP contribution in [0.3, 0.4) is 0 Å². The Hall–Kier alpha value is -2.75. The van der Waals surface area contributed by atoms with E-state index < -0.39 is 0 Å². The van der Waals surface area contributed by atoms with Crippen LogP contribution in [0.5, 0.6) is 5.75 Å². The molecule has 0 saturated carbocycles. The number of benzene rings is 2. The van der Waals surface area contributed by atoms with Gasteiger partial charge in [-0.15, -0.1) is 0 Å². The van der Waals surface area contributed by atoms with Gasteiger partial charge >= 0.3 is 6.03 Å². The molecule has 28 heavy (non-hydrogen) atoms. The van der Waals surface area contributed by atoms with Crippen LogP contribution in [0.2, 0.25) is 0 Å². The first-order valence-corrected chi connectivity index (χ1v) is 9.99. The number of urea groups is 1. The molecule has 0 unspecified atom stereocenters. The summed E-state index contributed by atoms with van der Waals surface area (Å²) in [6.45, 7) is 5.84. The molecule has 0 atom stereocenters. The van der Waals surface area contributed by atoms with Crippen LogP contribution in [-0.4, -0.2) is 31.1 Å². The molecule has 1 N–H and O–H groups in total. The van der Waals surface area contributed by atoms with Gasteiger partial charge in [-0.3, -0.25) is 0 Å². The summed E-state index contributed by atoms with van der Waals surface area (Å²) in [5, 5.41) is 3.00. The first kappa shape index (κ1) is 20.0. The molecule has 0 spiro atoms. The lowest BCUT2D eigenvalue weighted by Gasteiger charge is -2.31. The minimum absolute atomic E-state index is 0.00672. The molecule has 1 saturated heterocycles. The number of hydrogen-bond donors (Lipinski definition) is 1. The molecule has 0 aromatic heterocycles. The highest BCUT2D eigenvalue weighted by atomic mass is 16.5. The number of hydrogen-bond acceptors (Lipinski definition) is 2. The zero-order valence-electron chi connectivity index (χ0n) is 17.1. The molecule has 4 heteroatoms. The van der Waals surface area contributed by atoms with E-state index in [2.05, 4.69) is 30.4 Å². The van der Waals surface area contributed by atoms with Crippen molar-refractivity contribution in [3.8, 4) is 5.75 Å². The van der Waals surface area contributed by atoms with Crippen molar-refractivity contribution in [1.29, 1.82) is 0 Å². The maximum atomic E-state index is 12.5. The molecule has 1 aliphatic rings. The molecular formula is C24H30N2O2. The molecule has 0 bridgehead atoms. The second kappa shape index (κ2) is 9.45. The minimum Gasteiger partial charge on any atom is -0.497 e. The number of allylic oxidation sites excluding steroid dienone is 2. The number of nitrogens with one attached hydrogen (secondary N) is 1. The van der Waals surface area contributed by atoms with E-state index in [1.165, 1.54) is 16.7 Å². The maximum Gasteiger partial charge on any atom is 0.321 e. The van der Waals surface area contributed by atoms with Gasteiger partial charge in [0, 0.05) is 18.8 Å². The fraction of sp³-hybridized carbons (Fsp3) is 0.375. The van der Waals surface area contributed by atoms with Gasteiger partial charge in [0.05, 0.1) is 7.11 Å². The number of nitrogens with zero attached hydrogens (tertiary/aromatic N) is 1. The molecule has 2 aromatic rings. The van der Waals surface area contributed by atoms with Crippen molar-refractivity contribution in [2.75, 3.05) is 25.5 Å². The van der Waals surface area contributed by atoms with Crippen molar-refractivity contribution in [2.24, 2.45) is 5.92 Å². The summed E-state index contributed by atoms with van der Waals surface area (Å²) in [6.07, 6.45) is 5.49. The third-order valence-electron chi connectivity index (χ3n) is 5.51. The molecule has 2 aromatic carbocycles. The van der Waals surface area contributed by atoms with Crippen LogP contribution in [0.25, 0.3) is 5.57 Å². The van der Waals surface area contributed by atoms with Crippen LogP contribution >= 0.6 is 0 Å². The van der Waals surface area contributed by atoms with Crippen molar-refractivity contribution in [2.45, 2.75) is 33.1 Å². The average molecular weight is 379 g/mol. The number of aryl methyl sites for hydroxylation is 1. The quantitative estimate of drug-likeness (QED) is 0.721. The lowest BCUT2D eigenvalue weighted by atomic mass is 9.92. The Morgan fingerprint density at radius 2 is 1.75 bits per heavy atom. The number of ether oxygens (including phenoxy) is 1. The van der Waals surface area contributed by atoms with Gasteiger partial charge in [-0.05, 0) is 74.4 Å². The number of piperidine rings is 1. The SMILES string of the molecule is COc1ccc(/C(C)=C/CC2CCN(C(=O)Nc3ccc(C)cc3)CC2)cc1. The molecule has 0 aliphatic carbocycles. The largest absolute Gasteiger partial charge is 0.497 e. The second-order valence-electron chi connectivity index (χ2n) is 7.58. The Morgan fingerprint density at radius 1 is 1.11 bits per heavy atom. The van der Waals surface area contributed by atoms with E-state index in [-0.39, 0.29) is 6.03 Å². The standard InChI is InChI=1S/C24H30N2O2/c1-18-4-10-22(11-5-18)25-24(27)26-16-14-20(15-17-26)7-6-19(2)21-8-12-23(28-3)13-9-21/h4-6,8-13,20H,7,14-17H2,1-3H3,(H,25,27)/b19-6+. The molecule has 148 valence electrons. The van der Waals surface area contributed by atoms with Crippen molar-refractivity contribution in [3.05, 3.63) is 65.7 Å². The highest BCUT2D eigenvalue weighted by Gasteiger charge is 2.22. The molecule has 1 fully saturated rings. The number of carbonyl (C=O) groups is 1. The number of methoxy groups -OCH3 is 1. The van der Waals surface area contributed by atoms with E-state index in [0.29, 0.717) is 5.92 Å². The van der Waals surface area contributed by atoms with E-state index in [4.69, 9.17) is 4.74 Å². The lowest BCUT2D eigenvalue weighted by Crippen LogP contribution is -2.41. The summed E-state index contributed by atoms with van der Waals surface area (Å²) in [5.41, 5.74) is 4.57. The number of rotatable bonds is 5. The highest BCUT2D eigenvalue weighted by Crippen LogP contribution is 2.25. The lowest BCUT2D eigenvalue weighted by molar-refractivity contribution is 0.183. The summed E-state index contributed by atoms with van der Waals surface area (Å²) >= 11 is 0. The van der Waals surface area contributed by atoms with Crippen molar-refractivity contribution in [3.63, 3.8) is 0 Å². The van der Waals surface area contributed by atoms with Crippen molar-refractivity contribution in [1.82, 2.24) is 4.90 Å². The van der Waals surface area contributed by atoms with Crippen LogP contribution in [0, 0.1) is 12.8 Å². The highest BCUT2D eigenvalue weighted by molar-refractivity contribution is 5.89.